The zero-order valence-corrected chi connectivity index (χ0v) is 11.8. The number of fused-ring (bicyclic) bond motifs is 1. The molecule has 0 aliphatic carbocycles. The third kappa shape index (κ3) is 2.41. The quantitative estimate of drug-likeness (QED) is 0.794. The van der Waals surface area contributed by atoms with Gasteiger partial charge in [0.25, 0.3) is 0 Å². The van der Waals surface area contributed by atoms with Crippen LogP contribution < -0.4 is 5.32 Å². The van der Waals surface area contributed by atoms with Crippen molar-refractivity contribution in [1.82, 2.24) is 19.7 Å². The lowest BCUT2D eigenvalue weighted by Gasteiger charge is -2.05. The van der Waals surface area contributed by atoms with Crippen molar-refractivity contribution < 1.29 is 0 Å². The first-order valence-electron chi connectivity index (χ1n) is 6.57. The first-order valence-corrected chi connectivity index (χ1v) is 6.57. The smallest absolute Gasteiger partial charge is 0.163 e. The van der Waals surface area contributed by atoms with Gasteiger partial charge in [0.05, 0.1) is 17.6 Å². The number of hydrogen-bond donors (Lipinski definition) is 1. The number of anilines is 1. The van der Waals surface area contributed by atoms with Gasteiger partial charge in [-0.2, -0.15) is 5.26 Å². The van der Waals surface area contributed by atoms with Crippen molar-refractivity contribution in [2.45, 2.75) is 13.5 Å². The van der Waals surface area contributed by atoms with Crippen molar-refractivity contribution >= 4 is 16.9 Å². The molecule has 0 unspecified atom stereocenters. The molecule has 1 N–H and O–H groups in total. The van der Waals surface area contributed by atoms with Crippen LogP contribution in [0.5, 0.6) is 0 Å². The number of aromatic nitrogens is 4. The van der Waals surface area contributed by atoms with Crippen molar-refractivity contribution in [3.63, 3.8) is 0 Å². The van der Waals surface area contributed by atoms with Crippen LogP contribution in [-0.2, 0) is 13.6 Å². The molecule has 0 saturated heterocycles. The van der Waals surface area contributed by atoms with E-state index in [-0.39, 0.29) is 0 Å². The highest BCUT2D eigenvalue weighted by atomic mass is 15.2. The van der Waals surface area contributed by atoms with Gasteiger partial charge in [0, 0.05) is 7.05 Å². The average molecular weight is 278 g/mol. The summed E-state index contributed by atoms with van der Waals surface area (Å²) in [7, 11) is 2.00. The van der Waals surface area contributed by atoms with Gasteiger partial charge in [-0.25, -0.2) is 4.98 Å². The Morgan fingerprint density at radius 2 is 2.10 bits per heavy atom. The van der Waals surface area contributed by atoms with Gasteiger partial charge in [-0.3, -0.25) is 0 Å². The van der Waals surface area contributed by atoms with Crippen molar-refractivity contribution in [2.75, 3.05) is 5.32 Å². The molecule has 0 aliphatic heterocycles. The third-order valence-corrected chi connectivity index (χ3v) is 3.40. The number of para-hydroxylation sites is 1. The molecule has 0 fully saturated rings. The van der Waals surface area contributed by atoms with Gasteiger partial charge in [0.2, 0.25) is 0 Å². The van der Waals surface area contributed by atoms with E-state index in [9.17, 15) is 0 Å². The fourth-order valence-corrected chi connectivity index (χ4v) is 2.33. The van der Waals surface area contributed by atoms with Gasteiger partial charge >= 0.3 is 0 Å². The fourth-order valence-electron chi connectivity index (χ4n) is 2.33. The second kappa shape index (κ2) is 5.21. The lowest BCUT2D eigenvalue weighted by molar-refractivity contribution is 0.827. The van der Waals surface area contributed by atoms with Crippen molar-refractivity contribution in [1.29, 1.82) is 5.26 Å². The van der Waals surface area contributed by atoms with E-state index in [1.54, 1.807) is 12.1 Å². The molecule has 6 heteroatoms. The lowest BCUT2D eigenvalue weighted by atomic mass is 10.2. The lowest BCUT2D eigenvalue weighted by Crippen LogP contribution is -2.07. The van der Waals surface area contributed by atoms with Crippen LogP contribution in [0.25, 0.3) is 11.0 Å². The Morgan fingerprint density at radius 1 is 1.24 bits per heavy atom. The normalized spacial score (nSPS) is 10.5. The predicted molar refractivity (Wildman–Crippen MR) is 79.5 cm³/mol. The zero-order valence-electron chi connectivity index (χ0n) is 11.8. The van der Waals surface area contributed by atoms with E-state index >= 15 is 0 Å². The van der Waals surface area contributed by atoms with Gasteiger partial charge in [-0.15, -0.1) is 10.2 Å². The van der Waals surface area contributed by atoms with Crippen molar-refractivity contribution in [3.8, 4) is 6.07 Å². The van der Waals surface area contributed by atoms with Crippen molar-refractivity contribution in [2.24, 2.45) is 7.05 Å². The summed E-state index contributed by atoms with van der Waals surface area (Å²) in [6, 6.07) is 11.4. The van der Waals surface area contributed by atoms with Crippen LogP contribution in [0.15, 0.2) is 30.3 Å². The number of nitrogens with zero attached hydrogens (tertiary/aromatic N) is 5. The van der Waals surface area contributed by atoms with Gasteiger partial charge < -0.3 is 9.88 Å². The molecule has 3 aromatic rings. The number of hydrogen-bond acceptors (Lipinski definition) is 5. The minimum atomic E-state index is 0.305. The number of aryl methyl sites for hydroxylation is 2. The Balaban J connectivity index is 1.83. The molecule has 0 amide bonds. The molecule has 0 aliphatic rings. The number of nitriles is 1. The van der Waals surface area contributed by atoms with E-state index in [0.717, 1.165) is 16.9 Å². The summed E-state index contributed by atoms with van der Waals surface area (Å²) in [5, 5.41) is 19.6. The summed E-state index contributed by atoms with van der Waals surface area (Å²) in [5.74, 6) is 1.54. The van der Waals surface area contributed by atoms with E-state index in [1.807, 2.05) is 25.2 Å². The molecule has 0 radical (unpaired) electrons. The molecule has 2 heterocycles. The van der Waals surface area contributed by atoms with E-state index < -0.39 is 0 Å². The Morgan fingerprint density at radius 3 is 2.76 bits per heavy atom. The van der Waals surface area contributed by atoms with Crippen LogP contribution in [0.2, 0.25) is 0 Å². The first kappa shape index (κ1) is 13.1. The van der Waals surface area contributed by atoms with Gasteiger partial charge in [-0.05, 0) is 30.7 Å². The maximum Gasteiger partial charge on any atom is 0.163 e. The Hall–Kier alpha value is -2.94. The molecule has 0 bridgehead atoms. The summed E-state index contributed by atoms with van der Waals surface area (Å²) >= 11 is 0. The maximum absolute atomic E-state index is 8.69. The van der Waals surface area contributed by atoms with Crippen LogP contribution in [0.4, 0.5) is 5.82 Å². The second-order valence-corrected chi connectivity index (χ2v) is 4.80. The molecule has 0 saturated carbocycles. The van der Waals surface area contributed by atoms with Crippen LogP contribution in [0, 0.1) is 18.3 Å². The number of rotatable bonds is 3. The average Bonchev–Trinajstić information content (AvgIpc) is 2.83. The molecular weight excluding hydrogens is 264 g/mol. The zero-order chi connectivity index (χ0) is 14.8. The predicted octanol–water partition coefficient (Wildman–Crippen LogP) is 2.16. The highest BCUT2D eigenvalue weighted by Crippen LogP contribution is 2.19. The Kier molecular flexibility index (Phi) is 3.24. The summed E-state index contributed by atoms with van der Waals surface area (Å²) in [4.78, 5) is 4.62. The van der Waals surface area contributed by atoms with Gasteiger partial charge in [-0.1, -0.05) is 12.1 Å². The van der Waals surface area contributed by atoms with Crippen LogP contribution >= 0.6 is 0 Å². The van der Waals surface area contributed by atoms with Gasteiger partial charge in [0.1, 0.15) is 17.7 Å². The summed E-state index contributed by atoms with van der Waals surface area (Å²) in [5.41, 5.74) is 3.63. The minimum absolute atomic E-state index is 0.305. The number of benzene rings is 1. The maximum atomic E-state index is 8.69. The summed E-state index contributed by atoms with van der Waals surface area (Å²) in [6.45, 7) is 2.62. The molecule has 0 atom stereocenters. The van der Waals surface area contributed by atoms with Crippen molar-refractivity contribution in [3.05, 3.63) is 47.4 Å². The monoisotopic (exact) mass is 278 g/mol. The highest BCUT2D eigenvalue weighted by Gasteiger charge is 2.09. The second-order valence-electron chi connectivity index (χ2n) is 4.80. The molecule has 3 rings (SSSR count). The largest absolute Gasteiger partial charge is 0.361 e. The molecule has 2 aromatic heterocycles. The van der Waals surface area contributed by atoms with Crippen LogP contribution in [0.1, 0.15) is 17.1 Å². The van der Waals surface area contributed by atoms with Gasteiger partial charge in [0.15, 0.2) is 5.69 Å². The topological polar surface area (TPSA) is 79.4 Å². The Labute approximate surface area is 122 Å². The molecule has 6 nitrogen and oxygen atoms in total. The van der Waals surface area contributed by atoms with Crippen LogP contribution in [-0.4, -0.2) is 19.7 Å². The number of imidazole rings is 1. The van der Waals surface area contributed by atoms with E-state index in [1.165, 1.54) is 5.56 Å². The molecular formula is C15H14N6. The standard InChI is InChI=1S/C15H14N6/c1-10-4-3-5-12-15(10)21(2)14(18-12)9-17-13-7-6-11(8-16)19-20-13/h3-7H,9H2,1-2H3,(H,17,20). The summed E-state index contributed by atoms with van der Waals surface area (Å²) in [6.07, 6.45) is 0. The molecule has 0 spiro atoms. The van der Waals surface area contributed by atoms with Crippen LogP contribution in [0.3, 0.4) is 0 Å². The first-order chi connectivity index (χ1) is 10.2. The molecule has 104 valence electrons. The van der Waals surface area contributed by atoms with E-state index in [4.69, 9.17) is 5.26 Å². The van der Waals surface area contributed by atoms with E-state index in [0.29, 0.717) is 18.1 Å². The minimum Gasteiger partial charge on any atom is -0.361 e. The SMILES string of the molecule is Cc1cccc2nc(CNc3ccc(C#N)nn3)n(C)c12. The van der Waals surface area contributed by atoms with E-state index in [2.05, 4.69) is 38.1 Å². The highest BCUT2D eigenvalue weighted by molar-refractivity contribution is 5.79. The third-order valence-electron chi connectivity index (χ3n) is 3.40. The Bertz CT molecular complexity index is 826. The number of nitrogens with one attached hydrogen (secondary N) is 1. The molecule has 21 heavy (non-hydrogen) atoms. The summed E-state index contributed by atoms with van der Waals surface area (Å²) < 4.78 is 2.08. The fraction of sp³-hybridized carbons (Fsp3) is 0.200. The molecule has 1 aromatic carbocycles.